The van der Waals surface area contributed by atoms with E-state index in [4.69, 9.17) is 0 Å². The number of urea groups is 1. The van der Waals surface area contributed by atoms with Gasteiger partial charge in [0.1, 0.15) is 5.60 Å². The van der Waals surface area contributed by atoms with Crippen LogP contribution in [-0.2, 0) is 12.1 Å². The van der Waals surface area contributed by atoms with E-state index in [1.807, 2.05) is 47.2 Å². The molecular formula is C18H19N3O2S. The number of nitrogens with zero attached hydrogens (tertiary/aromatic N) is 1. The molecule has 5 nitrogen and oxygen atoms in total. The molecule has 0 bridgehead atoms. The molecule has 24 heavy (non-hydrogen) atoms. The van der Waals surface area contributed by atoms with E-state index in [-0.39, 0.29) is 12.6 Å². The van der Waals surface area contributed by atoms with Gasteiger partial charge in [0.15, 0.2) is 0 Å². The van der Waals surface area contributed by atoms with Gasteiger partial charge in [-0.1, -0.05) is 24.3 Å². The van der Waals surface area contributed by atoms with Gasteiger partial charge in [0, 0.05) is 18.1 Å². The number of carbonyl (C=O) groups excluding carboxylic acids is 1. The third kappa shape index (κ3) is 3.72. The van der Waals surface area contributed by atoms with Crippen LogP contribution >= 0.6 is 11.3 Å². The summed E-state index contributed by atoms with van der Waals surface area (Å²) in [5.41, 5.74) is 1.54. The summed E-state index contributed by atoms with van der Waals surface area (Å²) in [6, 6.07) is 11.3. The molecule has 3 N–H and O–H groups in total. The number of pyridine rings is 1. The summed E-state index contributed by atoms with van der Waals surface area (Å²) in [5, 5.41) is 20.7. The Morgan fingerprint density at radius 1 is 1.25 bits per heavy atom. The number of aromatic nitrogens is 1. The largest absolute Gasteiger partial charge is 0.384 e. The van der Waals surface area contributed by atoms with Gasteiger partial charge in [-0.3, -0.25) is 4.98 Å². The predicted molar refractivity (Wildman–Crippen MR) is 95.9 cm³/mol. The molecule has 0 saturated heterocycles. The molecular weight excluding hydrogens is 322 g/mol. The summed E-state index contributed by atoms with van der Waals surface area (Å²) >= 11 is 1.51. The summed E-state index contributed by atoms with van der Waals surface area (Å²) < 4.78 is 0. The highest BCUT2D eigenvalue weighted by molar-refractivity contribution is 7.08. The monoisotopic (exact) mass is 341 g/mol. The highest BCUT2D eigenvalue weighted by Gasteiger charge is 2.24. The summed E-state index contributed by atoms with van der Waals surface area (Å²) in [4.78, 5) is 16.4. The summed E-state index contributed by atoms with van der Waals surface area (Å²) in [5.74, 6) is 0. The zero-order chi connectivity index (χ0) is 17.0. The average molecular weight is 341 g/mol. The molecule has 0 fully saturated rings. The van der Waals surface area contributed by atoms with Crippen LogP contribution in [0.25, 0.3) is 10.9 Å². The average Bonchev–Trinajstić information content (AvgIpc) is 3.14. The molecule has 1 aromatic carbocycles. The first-order valence-corrected chi connectivity index (χ1v) is 8.60. The van der Waals surface area contributed by atoms with Gasteiger partial charge in [-0.2, -0.15) is 11.3 Å². The highest BCUT2D eigenvalue weighted by atomic mass is 32.1. The van der Waals surface area contributed by atoms with Gasteiger partial charge in [0.25, 0.3) is 0 Å². The predicted octanol–water partition coefficient (Wildman–Crippen LogP) is 3.00. The smallest absolute Gasteiger partial charge is 0.315 e. The van der Waals surface area contributed by atoms with Gasteiger partial charge in [-0.25, -0.2) is 4.79 Å². The molecule has 6 heteroatoms. The van der Waals surface area contributed by atoms with Crippen molar-refractivity contribution in [1.29, 1.82) is 0 Å². The number of aliphatic hydroxyl groups is 1. The third-order valence-corrected chi connectivity index (χ3v) is 4.58. The highest BCUT2D eigenvalue weighted by Crippen LogP contribution is 2.22. The number of nitrogens with one attached hydrogen (secondary N) is 2. The van der Waals surface area contributed by atoms with Crippen molar-refractivity contribution in [2.45, 2.75) is 19.1 Å². The summed E-state index contributed by atoms with van der Waals surface area (Å²) in [7, 11) is 0. The second kappa shape index (κ2) is 6.98. The van der Waals surface area contributed by atoms with Gasteiger partial charge < -0.3 is 15.7 Å². The van der Waals surface area contributed by atoms with Crippen molar-refractivity contribution in [2.75, 3.05) is 6.54 Å². The number of hydrogen-bond acceptors (Lipinski definition) is 4. The maximum atomic E-state index is 12.0. The van der Waals surface area contributed by atoms with E-state index in [9.17, 15) is 9.90 Å². The molecule has 124 valence electrons. The number of para-hydroxylation sites is 1. The minimum Gasteiger partial charge on any atom is -0.384 e. The lowest BCUT2D eigenvalue weighted by molar-refractivity contribution is 0.0598. The van der Waals surface area contributed by atoms with Crippen molar-refractivity contribution in [3.05, 3.63) is 64.5 Å². The fourth-order valence-corrected chi connectivity index (χ4v) is 3.26. The van der Waals surface area contributed by atoms with Crippen molar-refractivity contribution in [2.24, 2.45) is 0 Å². The van der Waals surface area contributed by atoms with E-state index < -0.39 is 5.60 Å². The molecule has 0 saturated carbocycles. The first kappa shape index (κ1) is 16.4. The van der Waals surface area contributed by atoms with Crippen molar-refractivity contribution in [3.63, 3.8) is 0 Å². The fourth-order valence-electron chi connectivity index (χ4n) is 2.47. The SMILES string of the molecule is C[C@@](O)(CNC(=O)NCc1cccc2cccnc12)c1ccsc1. The summed E-state index contributed by atoms with van der Waals surface area (Å²) in [6.45, 7) is 2.20. The Hall–Kier alpha value is -2.44. The van der Waals surface area contributed by atoms with Gasteiger partial charge in [-0.05, 0) is 40.9 Å². The lowest BCUT2D eigenvalue weighted by atomic mass is 9.99. The molecule has 2 heterocycles. The van der Waals surface area contributed by atoms with Gasteiger partial charge in [-0.15, -0.1) is 0 Å². The third-order valence-electron chi connectivity index (χ3n) is 3.89. The van der Waals surface area contributed by atoms with E-state index in [1.165, 1.54) is 11.3 Å². The molecule has 1 atom stereocenters. The normalized spacial score (nSPS) is 13.4. The first-order chi connectivity index (χ1) is 11.6. The molecule has 2 amide bonds. The molecule has 0 aliphatic carbocycles. The van der Waals surface area contributed by atoms with Crippen LogP contribution in [0, 0.1) is 0 Å². The first-order valence-electron chi connectivity index (χ1n) is 7.66. The van der Waals surface area contributed by atoms with Crippen molar-refractivity contribution >= 4 is 28.3 Å². The maximum absolute atomic E-state index is 12.0. The Morgan fingerprint density at radius 3 is 2.88 bits per heavy atom. The molecule has 0 spiro atoms. The summed E-state index contributed by atoms with van der Waals surface area (Å²) in [6.07, 6.45) is 1.74. The van der Waals surface area contributed by atoms with E-state index in [0.29, 0.717) is 6.54 Å². The number of rotatable bonds is 5. The van der Waals surface area contributed by atoms with Crippen LogP contribution in [0.15, 0.2) is 53.4 Å². The number of carbonyl (C=O) groups is 1. The van der Waals surface area contributed by atoms with Crippen LogP contribution in [0.2, 0.25) is 0 Å². The van der Waals surface area contributed by atoms with Crippen molar-refractivity contribution < 1.29 is 9.90 Å². The second-order valence-corrected chi connectivity index (χ2v) is 6.59. The molecule has 3 rings (SSSR count). The fraction of sp³-hybridized carbons (Fsp3) is 0.222. The van der Waals surface area contributed by atoms with Crippen LogP contribution in [0.1, 0.15) is 18.1 Å². The standard InChI is InChI=1S/C18H19N3O2S/c1-18(23,15-7-9-24-11-15)12-21-17(22)20-10-14-5-2-4-13-6-3-8-19-16(13)14/h2-9,11,23H,10,12H2,1H3,(H2,20,21,22)/t18-/m1/s1. The van der Waals surface area contributed by atoms with Crippen molar-refractivity contribution in [1.82, 2.24) is 15.6 Å². The number of fused-ring (bicyclic) bond motifs is 1. The zero-order valence-electron chi connectivity index (χ0n) is 13.3. The molecule has 2 aromatic heterocycles. The lowest BCUT2D eigenvalue weighted by Crippen LogP contribution is -2.43. The number of benzene rings is 1. The van der Waals surface area contributed by atoms with Crippen LogP contribution in [-0.4, -0.2) is 22.7 Å². The minimum absolute atomic E-state index is 0.142. The van der Waals surface area contributed by atoms with Crippen LogP contribution in [0.5, 0.6) is 0 Å². The maximum Gasteiger partial charge on any atom is 0.315 e. The Kier molecular flexibility index (Phi) is 4.78. The molecule has 0 unspecified atom stereocenters. The van der Waals surface area contributed by atoms with Crippen LogP contribution in [0.4, 0.5) is 4.79 Å². The number of thiophene rings is 1. The Bertz CT molecular complexity index is 826. The zero-order valence-corrected chi connectivity index (χ0v) is 14.1. The minimum atomic E-state index is -1.08. The van der Waals surface area contributed by atoms with Gasteiger partial charge in [0.05, 0.1) is 12.1 Å². The number of amides is 2. The van der Waals surface area contributed by atoms with Crippen LogP contribution in [0.3, 0.4) is 0 Å². The Morgan fingerprint density at radius 2 is 2.08 bits per heavy atom. The van der Waals surface area contributed by atoms with E-state index in [1.54, 1.807) is 13.1 Å². The van der Waals surface area contributed by atoms with Crippen molar-refractivity contribution in [3.8, 4) is 0 Å². The molecule has 0 aliphatic rings. The quantitative estimate of drug-likeness (QED) is 0.668. The topological polar surface area (TPSA) is 74.2 Å². The molecule has 0 radical (unpaired) electrons. The van der Waals surface area contributed by atoms with E-state index in [0.717, 1.165) is 22.0 Å². The van der Waals surface area contributed by atoms with Gasteiger partial charge >= 0.3 is 6.03 Å². The Labute approximate surface area is 144 Å². The molecule has 3 aromatic rings. The second-order valence-electron chi connectivity index (χ2n) is 5.81. The lowest BCUT2D eigenvalue weighted by Gasteiger charge is -2.22. The molecule has 0 aliphatic heterocycles. The van der Waals surface area contributed by atoms with Gasteiger partial charge in [0.2, 0.25) is 0 Å². The Balaban J connectivity index is 1.58. The van der Waals surface area contributed by atoms with E-state index >= 15 is 0 Å². The van der Waals surface area contributed by atoms with Crippen LogP contribution < -0.4 is 10.6 Å². The van der Waals surface area contributed by atoms with E-state index in [2.05, 4.69) is 15.6 Å². The number of hydrogen-bond donors (Lipinski definition) is 3.